The van der Waals surface area contributed by atoms with E-state index >= 15 is 0 Å². The van der Waals surface area contributed by atoms with Crippen LogP contribution in [0.25, 0.3) is 0 Å². The molecule has 0 unspecified atom stereocenters. The van der Waals surface area contributed by atoms with E-state index in [2.05, 4.69) is 21.2 Å². The van der Waals surface area contributed by atoms with Gasteiger partial charge in [0.1, 0.15) is 0 Å². The fourth-order valence-electron chi connectivity index (χ4n) is 1.35. The van der Waals surface area contributed by atoms with Crippen molar-refractivity contribution in [1.82, 2.24) is 5.32 Å². The Labute approximate surface area is 121 Å². The number of carbonyl (C=O) groups is 1. The summed E-state index contributed by atoms with van der Waals surface area (Å²) in [6.45, 7) is -0.370. The molecule has 0 aliphatic rings. The summed E-state index contributed by atoms with van der Waals surface area (Å²) in [5.41, 5.74) is -1.70. The van der Waals surface area contributed by atoms with E-state index in [-0.39, 0.29) is 11.0 Å². The Balaban J connectivity index is 2.93. The summed E-state index contributed by atoms with van der Waals surface area (Å²) in [6, 6.07) is 3.05. The van der Waals surface area contributed by atoms with Crippen LogP contribution in [0.1, 0.15) is 15.9 Å². The van der Waals surface area contributed by atoms with E-state index in [4.69, 9.17) is 5.14 Å². The molecule has 0 saturated heterocycles. The number of rotatable bonds is 4. The zero-order chi connectivity index (χ0) is 15.6. The normalized spacial score (nSPS) is 12.2. The molecule has 1 aromatic carbocycles. The first kappa shape index (κ1) is 16.9. The van der Waals surface area contributed by atoms with Crippen molar-refractivity contribution in [2.24, 2.45) is 5.14 Å². The smallest absolute Gasteiger partial charge is 0.351 e. The topological polar surface area (TPSA) is 89.3 Å². The molecule has 0 atom stereocenters. The second-order valence-corrected chi connectivity index (χ2v) is 6.46. The molecule has 1 rings (SSSR count). The highest BCUT2D eigenvalue weighted by atomic mass is 79.9. The molecule has 0 aromatic heterocycles. The van der Waals surface area contributed by atoms with Gasteiger partial charge in [-0.2, -0.15) is 13.2 Å². The van der Waals surface area contributed by atoms with Gasteiger partial charge in [0, 0.05) is 11.0 Å². The largest absolute Gasteiger partial charge is 0.417 e. The zero-order valence-electron chi connectivity index (χ0n) is 9.87. The Morgan fingerprint density at radius 3 is 2.45 bits per heavy atom. The predicted octanol–water partition coefficient (Wildman–Crippen LogP) is 1.49. The van der Waals surface area contributed by atoms with Gasteiger partial charge in [0.2, 0.25) is 10.0 Å². The lowest BCUT2D eigenvalue weighted by molar-refractivity contribution is -0.138. The molecule has 10 heteroatoms. The lowest BCUT2D eigenvalue weighted by Gasteiger charge is -2.13. The van der Waals surface area contributed by atoms with Crippen molar-refractivity contribution >= 4 is 31.9 Å². The minimum atomic E-state index is -4.70. The SMILES string of the molecule is NS(=O)(=O)CCNC(=O)c1ccc(Br)cc1C(F)(F)F. The number of hydrogen-bond donors (Lipinski definition) is 2. The molecule has 0 aliphatic heterocycles. The molecule has 0 heterocycles. The van der Waals surface area contributed by atoms with E-state index in [0.717, 1.165) is 12.1 Å². The molecule has 1 aromatic rings. The van der Waals surface area contributed by atoms with E-state index in [1.54, 1.807) is 0 Å². The van der Waals surface area contributed by atoms with E-state index in [9.17, 15) is 26.4 Å². The summed E-state index contributed by atoms with van der Waals surface area (Å²) in [7, 11) is -3.79. The molecule has 1 amide bonds. The molecular formula is C10H10BrF3N2O3S. The van der Waals surface area contributed by atoms with E-state index < -0.39 is 39.0 Å². The fraction of sp³-hybridized carbons (Fsp3) is 0.300. The van der Waals surface area contributed by atoms with Gasteiger partial charge in [-0.1, -0.05) is 15.9 Å². The first-order valence-corrected chi connectivity index (χ1v) is 7.67. The monoisotopic (exact) mass is 374 g/mol. The quantitative estimate of drug-likeness (QED) is 0.836. The molecule has 5 nitrogen and oxygen atoms in total. The molecule has 0 saturated carbocycles. The second-order valence-electron chi connectivity index (χ2n) is 3.81. The fourth-order valence-corrected chi connectivity index (χ4v) is 2.10. The lowest BCUT2D eigenvalue weighted by atomic mass is 10.1. The lowest BCUT2D eigenvalue weighted by Crippen LogP contribution is -2.32. The molecule has 0 spiro atoms. The molecule has 0 aliphatic carbocycles. The molecule has 3 N–H and O–H groups in total. The van der Waals surface area contributed by atoms with Crippen molar-refractivity contribution in [3.8, 4) is 0 Å². The molecule has 112 valence electrons. The number of amides is 1. The van der Waals surface area contributed by atoms with Gasteiger partial charge < -0.3 is 5.32 Å². The van der Waals surface area contributed by atoms with Crippen molar-refractivity contribution in [1.29, 1.82) is 0 Å². The third-order valence-corrected chi connectivity index (χ3v) is 3.47. The van der Waals surface area contributed by atoms with Crippen LogP contribution in [-0.4, -0.2) is 26.6 Å². The highest BCUT2D eigenvalue weighted by Gasteiger charge is 2.35. The summed E-state index contributed by atoms with van der Waals surface area (Å²) in [5.74, 6) is -1.58. The van der Waals surface area contributed by atoms with Crippen LogP contribution in [-0.2, 0) is 16.2 Å². The first-order chi connectivity index (χ1) is 9.00. The van der Waals surface area contributed by atoms with Crippen molar-refractivity contribution in [3.05, 3.63) is 33.8 Å². The van der Waals surface area contributed by atoms with Crippen molar-refractivity contribution in [2.75, 3.05) is 12.3 Å². The van der Waals surface area contributed by atoms with Gasteiger partial charge in [0.25, 0.3) is 5.91 Å². The van der Waals surface area contributed by atoms with Crippen molar-refractivity contribution in [3.63, 3.8) is 0 Å². The van der Waals surface area contributed by atoms with Gasteiger partial charge in [-0.05, 0) is 18.2 Å². The number of primary sulfonamides is 1. The van der Waals surface area contributed by atoms with Gasteiger partial charge in [0.05, 0.1) is 16.9 Å². The molecule has 20 heavy (non-hydrogen) atoms. The van der Waals surface area contributed by atoms with Crippen LogP contribution in [0.5, 0.6) is 0 Å². The number of nitrogens with two attached hydrogens (primary N) is 1. The Morgan fingerprint density at radius 1 is 1.35 bits per heavy atom. The van der Waals surface area contributed by atoms with Crippen LogP contribution in [0.15, 0.2) is 22.7 Å². The zero-order valence-corrected chi connectivity index (χ0v) is 12.3. The van der Waals surface area contributed by atoms with Gasteiger partial charge in [0.15, 0.2) is 0 Å². The molecular weight excluding hydrogens is 365 g/mol. The number of carbonyl (C=O) groups excluding carboxylic acids is 1. The highest BCUT2D eigenvalue weighted by Crippen LogP contribution is 2.33. The average molecular weight is 375 g/mol. The van der Waals surface area contributed by atoms with Crippen LogP contribution in [0.3, 0.4) is 0 Å². The number of benzene rings is 1. The Morgan fingerprint density at radius 2 is 1.95 bits per heavy atom. The van der Waals surface area contributed by atoms with Crippen molar-refractivity contribution in [2.45, 2.75) is 6.18 Å². The van der Waals surface area contributed by atoms with Crippen LogP contribution < -0.4 is 10.5 Å². The summed E-state index contributed by atoms with van der Waals surface area (Å²) >= 11 is 2.89. The van der Waals surface area contributed by atoms with E-state index in [1.165, 1.54) is 6.07 Å². The van der Waals surface area contributed by atoms with Crippen LogP contribution in [0.2, 0.25) is 0 Å². The number of halogens is 4. The maximum absolute atomic E-state index is 12.8. The van der Waals surface area contributed by atoms with Gasteiger partial charge in [-0.3, -0.25) is 4.79 Å². The third-order valence-electron chi connectivity index (χ3n) is 2.20. The number of sulfonamides is 1. The second kappa shape index (κ2) is 6.10. The Hall–Kier alpha value is -1.13. The standard InChI is InChI=1S/C10H10BrF3N2O3S/c11-6-1-2-7(8(5-6)10(12,13)14)9(17)16-3-4-20(15,18)19/h1-2,5H,3-4H2,(H,16,17)(H2,15,18,19). The van der Waals surface area contributed by atoms with Gasteiger partial charge in [-0.25, -0.2) is 13.6 Å². The number of hydrogen-bond acceptors (Lipinski definition) is 3. The molecule has 0 bridgehead atoms. The maximum atomic E-state index is 12.8. The third kappa shape index (κ3) is 5.10. The molecule has 0 fully saturated rings. The van der Waals surface area contributed by atoms with Crippen LogP contribution >= 0.6 is 15.9 Å². The summed E-state index contributed by atoms with van der Waals surface area (Å²) in [5, 5.41) is 6.79. The minimum Gasteiger partial charge on any atom is -0.351 e. The maximum Gasteiger partial charge on any atom is 0.417 e. The summed E-state index contributed by atoms with van der Waals surface area (Å²) in [6.07, 6.45) is -4.70. The minimum absolute atomic E-state index is 0.172. The number of alkyl halides is 3. The summed E-state index contributed by atoms with van der Waals surface area (Å²) in [4.78, 5) is 11.6. The number of nitrogens with one attached hydrogen (secondary N) is 1. The van der Waals surface area contributed by atoms with Crippen molar-refractivity contribution < 1.29 is 26.4 Å². The Bertz CT molecular complexity index is 617. The van der Waals surface area contributed by atoms with E-state index in [1.807, 2.05) is 0 Å². The highest BCUT2D eigenvalue weighted by molar-refractivity contribution is 9.10. The van der Waals surface area contributed by atoms with E-state index in [0.29, 0.717) is 0 Å². The predicted molar refractivity (Wildman–Crippen MR) is 69.5 cm³/mol. The van der Waals surface area contributed by atoms with Gasteiger partial charge >= 0.3 is 6.18 Å². The summed E-state index contributed by atoms with van der Waals surface area (Å²) < 4.78 is 59.8. The first-order valence-electron chi connectivity index (χ1n) is 5.16. The van der Waals surface area contributed by atoms with Gasteiger partial charge in [-0.15, -0.1) is 0 Å². The molecule has 0 radical (unpaired) electrons. The van der Waals surface area contributed by atoms with Crippen LogP contribution in [0, 0.1) is 0 Å². The average Bonchev–Trinajstić information content (AvgIpc) is 2.25. The Kier molecular flexibility index (Phi) is 5.16. The van der Waals surface area contributed by atoms with Crippen LogP contribution in [0.4, 0.5) is 13.2 Å².